The maximum absolute atomic E-state index is 12.7. The van der Waals surface area contributed by atoms with Gasteiger partial charge >= 0.3 is 0 Å². The number of amides is 1. The van der Waals surface area contributed by atoms with Gasteiger partial charge in [-0.2, -0.15) is 0 Å². The van der Waals surface area contributed by atoms with Crippen LogP contribution in [-0.2, 0) is 11.2 Å². The standard InChI is InChI=1S/C14H21FN2O/c1-11(7-9-16)14(18)17(2)10-8-12-3-5-13(15)6-4-12/h3-6,11H,7-10,16H2,1-2H3. The molecule has 0 fully saturated rings. The van der Waals surface area contributed by atoms with Gasteiger partial charge in [0.1, 0.15) is 5.82 Å². The predicted molar refractivity (Wildman–Crippen MR) is 70.6 cm³/mol. The van der Waals surface area contributed by atoms with E-state index in [0.29, 0.717) is 19.5 Å². The molecule has 0 spiro atoms. The van der Waals surface area contributed by atoms with Crippen LogP contribution in [0.4, 0.5) is 4.39 Å². The molecule has 0 heterocycles. The van der Waals surface area contributed by atoms with Gasteiger partial charge in [0.15, 0.2) is 0 Å². The summed E-state index contributed by atoms with van der Waals surface area (Å²) in [7, 11) is 1.79. The molecule has 3 nitrogen and oxygen atoms in total. The molecule has 2 N–H and O–H groups in total. The fourth-order valence-corrected chi connectivity index (χ4v) is 1.81. The Labute approximate surface area is 108 Å². The summed E-state index contributed by atoms with van der Waals surface area (Å²) >= 11 is 0. The van der Waals surface area contributed by atoms with E-state index in [0.717, 1.165) is 12.0 Å². The van der Waals surface area contributed by atoms with E-state index < -0.39 is 0 Å². The van der Waals surface area contributed by atoms with Crippen molar-refractivity contribution in [3.05, 3.63) is 35.6 Å². The molecule has 1 atom stereocenters. The zero-order chi connectivity index (χ0) is 13.5. The Bertz CT molecular complexity index is 378. The van der Waals surface area contributed by atoms with Crippen LogP contribution in [0, 0.1) is 11.7 Å². The van der Waals surface area contributed by atoms with E-state index in [2.05, 4.69) is 0 Å². The number of carbonyl (C=O) groups is 1. The molecule has 0 radical (unpaired) electrons. The average Bonchev–Trinajstić information content (AvgIpc) is 2.37. The molecule has 1 rings (SSSR count). The first kappa shape index (κ1) is 14.6. The van der Waals surface area contributed by atoms with Gasteiger partial charge < -0.3 is 10.6 Å². The van der Waals surface area contributed by atoms with Gasteiger partial charge in [-0.25, -0.2) is 4.39 Å². The molecule has 1 aromatic carbocycles. The Morgan fingerprint density at radius 1 is 1.39 bits per heavy atom. The van der Waals surface area contributed by atoms with E-state index in [9.17, 15) is 9.18 Å². The Morgan fingerprint density at radius 3 is 2.56 bits per heavy atom. The molecule has 0 saturated carbocycles. The normalized spacial score (nSPS) is 12.2. The lowest BCUT2D eigenvalue weighted by Gasteiger charge is -2.21. The van der Waals surface area contributed by atoms with Crippen LogP contribution in [0.25, 0.3) is 0 Å². The highest BCUT2D eigenvalue weighted by molar-refractivity contribution is 5.78. The smallest absolute Gasteiger partial charge is 0.225 e. The van der Waals surface area contributed by atoms with Gasteiger partial charge in [0.05, 0.1) is 0 Å². The minimum Gasteiger partial charge on any atom is -0.345 e. The van der Waals surface area contributed by atoms with Gasteiger partial charge in [-0.05, 0) is 37.1 Å². The monoisotopic (exact) mass is 252 g/mol. The number of nitrogens with two attached hydrogens (primary N) is 1. The molecule has 18 heavy (non-hydrogen) atoms. The van der Waals surface area contributed by atoms with Crippen LogP contribution in [-0.4, -0.2) is 30.9 Å². The molecular weight excluding hydrogens is 231 g/mol. The number of likely N-dealkylation sites (N-methyl/N-ethyl adjacent to an activating group) is 1. The average molecular weight is 252 g/mol. The van der Waals surface area contributed by atoms with Crippen LogP contribution >= 0.6 is 0 Å². The number of halogens is 1. The summed E-state index contributed by atoms with van der Waals surface area (Å²) in [6, 6.07) is 6.37. The molecule has 0 aliphatic rings. The van der Waals surface area contributed by atoms with Crippen molar-refractivity contribution in [2.75, 3.05) is 20.1 Å². The topological polar surface area (TPSA) is 46.3 Å². The molecule has 1 amide bonds. The number of rotatable bonds is 6. The minimum absolute atomic E-state index is 0.0341. The molecule has 0 saturated heterocycles. The molecule has 1 aromatic rings. The quantitative estimate of drug-likeness (QED) is 0.839. The maximum Gasteiger partial charge on any atom is 0.225 e. The fraction of sp³-hybridized carbons (Fsp3) is 0.500. The van der Waals surface area contributed by atoms with E-state index in [-0.39, 0.29) is 17.6 Å². The lowest BCUT2D eigenvalue weighted by atomic mass is 10.1. The third kappa shape index (κ3) is 4.45. The Kier molecular flexibility index (Phi) is 5.78. The van der Waals surface area contributed by atoms with Crippen molar-refractivity contribution in [3.8, 4) is 0 Å². The molecule has 4 heteroatoms. The Hall–Kier alpha value is -1.42. The molecular formula is C14H21FN2O. The van der Waals surface area contributed by atoms with Crippen LogP contribution in [0.5, 0.6) is 0 Å². The van der Waals surface area contributed by atoms with E-state index in [1.54, 1.807) is 24.1 Å². The number of carbonyl (C=O) groups excluding carboxylic acids is 1. The minimum atomic E-state index is -0.236. The first-order valence-corrected chi connectivity index (χ1v) is 6.24. The SMILES string of the molecule is CC(CCN)C(=O)N(C)CCc1ccc(F)cc1. The van der Waals surface area contributed by atoms with E-state index in [4.69, 9.17) is 5.73 Å². The summed E-state index contributed by atoms with van der Waals surface area (Å²) in [6.45, 7) is 3.06. The van der Waals surface area contributed by atoms with Crippen molar-refractivity contribution in [3.63, 3.8) is 0 Å². The summed E-state index contributed by atoms with van der Waals surface area (Å²) in [5.74, 6) is -0.157. The van der Waals surface area contributed by atoms with Gasteiger partial charge in [0.2, 0.25) is 5.91 Å². The number of nitrogens with zero attached hydrogens (tertiary/aromatic N) is 1. The summed E-state index contributed by atoms with van der Waals surface area (Å²) in [5, 5.41) is 0. The van der Waals surface area contributed by atoms with Gasteiger partial charge in [-0.3, -0.25) is 4.79 Å². The van der Waals surface area contributed by atoms with Gasteiger partial charge in [-0.1, -0.05) is 19.1 Å². The summed E-state index contributed by atoms with van der Waals surface area (Å²) < 4.78 is 12.7. The van der Waals surface area contributed by atoms with Crippen molar-refractivity contribution in [2.24, 2.45) is 11.7 Å². The summed E-state index contributed by atoms with van der Waals surface area (Å²) in [4.78, 5) is 13.6. The van der Waals surface area contributed by atoms with Crippen molar-refractivity contribution in [1.82, 2.24) is 4.90 Å². The first-order chi connectivity index (χ1) is 8.54. The second kappa shape index (κ2) is 7.11. The second-order valence-electron chi connectivity index (χ2n) is 4.61. The van der Waals surface area contributed by atoms with E-state index >= 15 is 0 Å². The maximum atomic E-state index is 12.7. The van der Waals surface area contributed by atoms with Crippen LogP contribution in [0.1, 0.15) is 18.9 Å². The Balaban J connectivity index is 2.43. The molecule has 100 valence electrons. The highest BCUT2D eigenvalue weighted by Crippen LogP contribution is 2.08. The Morgan fingerprint density at radius 2 is 2.00 bits per heavy atom. The van der Waals surface area contributed by atoms with Gasteiger partial charge in [-0.15, -0.1) is 0 Å². The second-order valence-corrected chi connectivity index (χ2v) is 4.61. The zero-order valence-corrected chi connectivity index (χ0v) is 11.0. The van der Waals surface area contributed by atoms with Crippen molar-refractivity contribution >= 4 is 5.91 Å². The third-order valence-electron chi connectivity index (χ3n) is 3.05. The largest absolute Gasteiger partial charge is 0.345 e. The molecule has 1 unspecified atom stereocenters. The van der Waals surface area contributed by atoms with Crippen molar-refractivity contribution in [1.29, 1.82) is 0 Å². The van der Waals surface area contributed by atoms with Crippen LogP contribution in [0.2, 0.25) is 0 Å². The highest BCUT2D eigenvalue weighted by Gasteiger charge is 2.16. The van der Waals surface area contributed by atoms with Crippen molar-refractivity contribution < 1.29 is 9.18 Å². The number of hydrogen-bond acceptors (Lipinski definition) is 2. The summed E-state index contributed by atoms with van der Waals surface area (Å²) in [6.07, 6.45) is 1.44. The zero-order valence-electron chi connectivity index (χ0n) is 11.0. The number of benzene rings is 1. The molecule has 0 aliphatic heterocycles. The van der Waals surface area contributed by atoms with E-state index in [1.807, 2.05) is 6.92 Å². The van der Waals surface area contributed by atoms with Crippen LogP contribution < -0.4 is 5.73 Å². The lowest BCUT2D eigenvalue weighted by molar-refractivity contribution is -0.133. The molecule has 0 aromatic heterocycles. The lowest BCUT2D eigenvalue weighted by Crippen LogP contribution is -2.34. The third-order valence-corrected chi connectivity index (χ3v) is 3.05. The van der Waals surface area contributed by atoms with Crippen LogP contribution in [0.3, 0.4) is 0 Å². The van der Waals surface area contributed by atoms with Gasteiger partial charge in [0, 0.05) is 19.5 Å². The van der Waals surface area contributed by atoms with E-state index in [1.165, 1.54) is 12.1 Å². The molecule has 0 bridgehead atoms. The van der Waals surface area contributed by atoms with Crippen molar-refractivity contribution in [2.45, 2.75) is 19.8 Å². The predicted octanol–water partition coefficient (Wildman–Crippen LogP) is 1.81. The fourth-order valence-electron chi connectivity index (χ4n) is 1.81. The van der Waals surface area contributed by atoms with Gasteiger partial charge in [0.25, 0.3) is 0 Å². The van der Waals surface area contributed by atoms with Crippen LogP contribution in [0.15, 0.2) is 24.3 Å². The highest BCUT2D eigenvalue weighted by atomic mass is 19.1. The number of hydrogen-bond donors (Lipinski definition) is 1. The first-order valence-electron chi connectivity index (χ1n) is 6.24. The molecule has 0 aliphatic carbocycles. The summed E-state index contributed by atoms with van der Waals surface area (Å²) in [5.41, 5.74) is 6.47.